The van der Waals surface area contributed by atoms with Crippen molar-refractivity contribution in [1.29, 1.82) is 0 Å². The number of aromatic amines is 1. The van der Waals surface area contributed by atoms with E-state index >= 15 is 0 Å². The Balaban J connectivity index is 2.49. The Labute approximate surface area is 108 Å². The number of rotatable bonds is 2. The van der Waals surface area contributed by atoms with Crippen molar-refractivity contribution < 1.29 is 13.2 Å². The van der Waals surface area contributed by atoms with Crippen molar-refractivity contribution in [3.8, 4) is 0 Å². The third-order valence-corrected chi connectivity index (χ3v) is 3.74. The molecule has 0 unspecified atom stereocenters. The third kappa shape index (κ3) is 2.80. The largest absolute Gasteiger partial charge is 0.433 e. The molecule has 0 atom stereocenters. The van der Waals surface area contributed by atoms with E-state index in [1.807, 2.05) is 0 Å². The van der Waals surface area contributed by atoms with Crippen LogP contribution in [0, 0.1) is 0 Å². The van der Waals surface area contributed by atoms with Gasteiger partial charge in [-0.05, 0) is 12.8 Å². The van der Waals surface area contributed by atoms with Crippen LogP contribution < -0.4 is 11.3 Å². The number of hydrogen-bond donors (Lipinski definition) is 2. The van der Waals surface area contributed by atoms with Crippen LogP contribution in [0.3, 0.4) is 0 Å². The van der Waals surface area contributed by atoms with E-state index in [4.69, 9.17) is 5.73 Å². The number of nitrogens with one attached hydrogen (secondary N) is 1. The van der Waals surface area contributed by atoms with Gasteiger partial charge in [-0.25, -0.2) is 4.98 Å². The number of aromatic nitrogens is 2. The fourth-order valence-corrected chi connectivity index (χ4v) is 2.62. The van der Waals surface area contributed by atoms with Crippen LogP contribution in [0.2, 0.25) is 0 Å². The molecule has 0 saturated heterocycles. The average molecular weight is 275 g/mol. The molecule has 0 aromatic carbocycles. The third-order valence-electron chi connectivity index (χ3n) is 3.74. The minimum Gasteiger partial charge on any atom is -0.329 e. The highest BCUT2D eigenvalue weighted by Crippen LogP contribution is 2.37. The summed E-state index contributed by atoms with van der Waals surface area (Å²) >= 11 is 0. The van der Waals surface area contributed by atoms with Crippen LogP contribution >= 0.6 is 0 Å². The second-order valence-electron chi connectivity index (χ2n) is 5.02. The van der Waals surface area contributed by atoms with E-state index in [0.29, 0.717) is 18.9 Å². The van der Waals surface area contributed by atoms with Crippen LogP contribution in [-0.2, 0) is 11.6 Å². The van der Waals surface area contributed by atoms with Crippen molar-refractivity contribution in [3.63, 3.8) is 0 Å². The molecule has 0 radical (unpaired) electrons. The molecular formula is C12H16F3N3O. The van der Waals surface area contributed by atoms with Crippen LogP contribution in [0.1, 0.15) is 43.6 Å². The Morgan fingerprint density at radius 1 is 1.32 bits per heavy atom. The zero-order valence-electron chi connectivity index (χ0n) is 10.4. The van der Waals surface area contributed by atoms with Gasteiger partial charge in [0.05, 0.1) is 0 Å². The number of H-pyrrole nitrogens is 1. The van der Waals surface area contributed by atoms with Crippen molar-refractivity contribution >= 4 is 0 Å². The van der Waals surface area contributed by atoms with Gasteiger partial charge in [0.15, 0.2) is 5.69 Å². The van der Waals surface area contributed by atoms with Crippen LogP contribution in [-0.4, -0.2) is 16.5 Å². The molecule has 4 nitrogen and oxygen atoms in total. The van der Waals surface area contributed by atoms with Crippen LogP contribution in [0.15, 0.2) is 10.9 Å². The number of nitrogens with zero attached hydrogens (tertiary/aromatic N) is 1. The molecule has 106 valence electrons. The highest BCUT2D eigenvalue weighted by Gasteiger charge is 2.39. The molecule has 2 rings (SSSR count). The molecule has 1 heterocycles. The summed E-state index contributed by atoms with van der Waals surface area (Å²) in [5, 5.41) is 0. The van der Waals surface area contributed by atoms with E-state index in [2.05, 4.69) is 9.97 Å². The molecule has 0 aliphatic heterocycles. The first-order valence-corrected chi connectivity index (χ1v) is 6.26. The standard InChI is InChI=1S/C12H16F3N3O/c13-12(14,15)8-6-9(19)18-10(17-8)11(7-16)4-2-1-3-5-11/h6H,1-5,7,16H2,(H,17,18,19). The molecule has 1 aliphatic carbocycles. The highest BCUT2D eigenvalue weighted by atomic mass is 19.4. The number of nitrogens with two attached hydrogens (primary N) is 1. The summed E-state index contributed by atoms with van der Waals surface area (Å²) in [6.07, 6.45) is -0.492. The average Bonchev–Trinajstić information content (AvgIpc) is 2.38. The Morgan fingerprint density at radius 2 is 1.95 bits per heavy atom. The monoisotopic (exact) mass is 275 g/mol. The van der Waals surface area contributed by atoms with Crippen molar-refractivity contribution in [2.24, 2.45) is 5.73 Å². The Hall–Kier alpha value is -1.37. The van der Waals surface area contributed by atoms with Gasteiger partial charge in [0.25, 0.3) is 5.56 Å². The summed E-state index contributed by atoms with van der Waals surface area (Å²) in [6.45, 7) is 0.192. The van der Waals surface area contributed by atoms with Crippen molar-refractivity contribution in [2.75, 3.05) is 6.54 Å². The maximum atomic E-state index is 12.7. The van der Waals surface area contributed by atoms with Gasteiger partial charge < -0.3 is 10.7 Å². The number of halogens is 3. The van der Waals surface area contributed by atoms with E-state index < -0.39 is 22.8 Å². The first-order valence-electron chi connectivity index (χ1n) is 6.26. The smallest absolute Gasteiger partial charge is 0.329 e. The quantitative estimate of drug-likeness (QED) is 0.866. The van der Waals surface area contributed by atoms with Gasteiger partial charge in [0, 0.05) is 18.0 Å². The summed E-state index contributed by atoms with van der Waals surface area (Å²) < 4.78 is 38.1. The first-order chi connectivity index (χ1) is 8.87. The SMILES string of the molecule is NCC1(c2nc(C(F)(F)F)cc(=O)[nH]2)CCCCC1. The van der Waals surface area contributed by atoms with Gasteiger partial charge in [-0.1, -0.05) is 19.3 Å². The highest BCUT2D eigenvalue weighted by molar-refractivity contribution is 5.15. The molecule has 0 amide bonds. The summed E-state index contributed by atoms with van der Waals surface area (Å²) in [4.78, 5) is 17.5. The summed E-state index contributed by atoms with van der Waals surface area (Å²) in [7, 11) is 0. The molecule has 1 fully saturated rings. The lowest BCUT2D eigenvalue weighted by Gasteiger charge is -2.35. The number of alkyl halides is 3. The zero-order valence-corrected chi connectivity index (χ0v) is 10.4. The first kappa shape index (κ1) is 14.0. The molecule has 1 aliphatic rings. The molecule has 1 aromatic rings. The predicted octanol–water partition coefficient (Wildman–Crippen LogP) is 1.95. The lowest BCUT2D eigenvalue weighted by molar-refractivity contribution is -0.141. The molecule has 7 heteroatoms. The molecular weight excluding hydrogens is 259 g/mol. The molecule has 0 spiro atoms. The van der Waals surface area contributed by atoms with E-state index in [1.165, 1.54) is 0 Å². The van der Waals surface area contributed by atoms with E-state index in [0.717, 1.165) is 19.3 Å². The molecule has 1 saturated carbocycles. The van der Waals surface area contributed by atoms with Crippen LogP contribution in [0.5, 0.6) is 0 Å². The Morgan fingerprint density at radius 3 is 2.47 bits per heavy atom. The van der Waals surface area contributed by atoms with E-state index in [9.17, 15) is 18.0 Å². The van der Waals surface area contributed by atoms with Crippen LogP contribution in [0.25, 0.3) is 0 Å². The predicted molar refractivity (Wildman–Crippen MR) is 63.7 cm³/mol. The van der Waals surface area contributed by atoms with Gasteiger partial charge in [0.2, 0.25) is 0 Å². The second-order valence-corrected chi connectivity index (χ2v) is 5.02. The fourth-order valence-electron chi connectivity index (χ4n) is 2.62. The van der Waals surface area contributed by atoms with E-state index in [-0.39, 0.29) is 12.4 Å². The summed E-state index contributed by atoms with van der Waals surface area (Å²) in [6, 6.07) is 0.483. The minimum atomic E-state index is -4.62. The van der Waals surface area contributed by atoms with Gasteiger partial charge in [-0.15, -0.1) is 0 Å². The second kappa shape index (κ2) is 4.96. The Kier molecular flexibility index (Phi) is 3.66. The maximum absolute atomic E-state index is 12.7. The van der Waals surface area contributed by atoms with E-state index in [1.54, 1.807) is 0 Å². The van der Waals surface area contributed by atoms with Crippen molar-refractivity contribution in [1.82, 2.24) is 9.97 Å². The summed E-state index contributed by atoms with van der Waals surface area (Å²) in [5.74, 6) is 0.0783. The lowest BCUT2D eigenvalue weighted by atomic mass is 9.73. The maximum Gasteiger partial charge on any atom is 0.433 e. The number of hydrogen-bond acceptors (Lipinski definition) is 3. The van der Waals surface area contributed by atoms with Crippen molar-refractivity contribution in [3.05, 3.63) is 27.9 Å². The molecule has 0 bridgehead atoms. The van der Waals surface area contributed by atoms with Crippen molar-refractivity contribution in [2.45, 2.75) is 43.7 Å². The zero-order chi connectivity index (χ0) is 14.1. The minimum absolute atomic E-state index is 0.0783. The topological polar surface area (TPSA) is 71.8 Å². The van der Waals surface area contributed by atoms with Gasteiger partial charge in [-0.2, -0.15) is 13.2 Å². The van der Waals surface area contributed by atoms with Crippen LogP contribution in [0.4, 0.5) is 13.2 Å². The lowest BCUT2D eigenvalue weighted by Crippen LogP contribution is -2.40. The van der Waals surface area contributed by atoms with Gasteiger partial charge in [0.1, 0.15) is 5.82 Å². The van der Waals surface area contributed by atoms with Gasteiger partial charge in [-0.3, -0.25) is 4.79 Å². The Bertz CT molecular complexity index is 504. The fraction of sp³-hybridized carbons (Fsp3) is 0.667. The molecule has 3 N–H and O–H groups in total. The molecule has 19 heavy (non-hydrogen) atoms. The summed E-state index contributed by atoms with van der Waals surface area (Å²) in [5.41, 5.74) is 3.18. The molecule has 1 aromatic heterocycles. The van der Waals surface area contributed by atoms with Gasteiger partial charge >= 0.3 is 6.18 Å². The normalized spacial score (nSPS) is 19.4.